The molecule has 1 rings (SSSR count). The molecule has 0 aromatic carbocycles. The van der Waals surface area contributed by atoms with Crippen LogP contribution < -0.4 is 5.32 Å². The minimum absolute atomic E-state index is 0.0886. The van der Waals surface area contributed by atoms with Crippen LogP contribution in [0.2, 0.25) is 5.02 Å². The molecule has 110 valence electrons. The first-order chi connectivity index (χ1) is 9.36. The number of halogens is 1. The van der Waals surface area contributed by atoms with E-state index < -0.39 is 16.3 Å². The Kier molecular flexibility index (Phi) is 5.26. The summed E-state index contributed by atoms with van der Waals surface area (Å²) in [6, 6.07) is 1.18. The van der Waals surface area contributed by atoms with E-state index in [2.05, 4.69) is 10.3 Å². The van der Waals surface area contributed by atoms with E-state index in [-0.39, 0.29) is 23.1 Å². The standard InChI is InChI=1S/C12H16ClN3O4/c1-3-12(4-2,11(17)18)7-15-10-9(13)5-8(6-14-10)16(19)20/h5-6H,3-4,7H2,1-2H3,(H,14,15)(H,17,18). The summed E-state index contributed by atoms with van der Waals surface area (Å²) in [6.07, 6.45) is 1.99. The highest BCUT2D eigenvalue weighted by Crippen LogP contribution is 2.29. The molecule has 0 unspecified atom stereocenters. The van der Waals surface area contributed by atoms with Gasteiger partial charge >= 0.3 is 5.97 Å². The predicted octanol–water partition coefficient (Wildman–Crippen LogP) is 2.95. The highest BCUT2D eigenvalue weighted by atomic mass is 35.5. The van der Waals surface area contributed by atoms with Crippen molar-refractivity contribution in [1.29, 1.82) is 0 Å². The van der Waals surface area contributed by atoms with E-state index in [9.17, 15) is 20.0 Å². The summed E-state index contributed by atoms with van der Waals surface area (Å²) in [5.74, 6) is -0.655. The monoisotopic (exact) mass is 301 g/mol. The number of hydrogen-bond acceptors (Lipinski definition) is 5. The molecular formula is C12H16ClN3O4. The van der Waals surface area contributed by atoms with Crippen LogP contribution in [0.3, 0.4) is 0 Å². The van der Waals surface area contributed by atoms with Crippen molar-refractivity contribution in [2.45, 2.75) is 26.7 Å². The first-order valence-corrected chi connectivity index (χ1v) is 6.51. The van der Waals surface area contributed by atoms with Crippen LogP contribution in [0.1, 0.15) is 26.7 Å². The number of carboxylic acids is 1. The number of anilines is 1. The highest BCUT2D eigenvalue weighted by molar-refractivity contribution is 6.33. The third-order valence-electron chi connectivity index (χ3n) is 3.44. The molecule has 0 radical (unpaired) electrons. The smallest absolute Gasteiger partial charge is 0.311 e. The quantitative estimate of drug-likeness (QED) is 0.592. The second-order valence-electron chi connectivity index (χ2n) is 4.43. The summed E-state index contributed by atoms with van der Waals surface area (Å²) in [5, 5.41) is 22.8. The number of rotatable bonds is 7. The van der Waals surface area contributed by atoms with Gasteiger partial charge in [0, 0.05) is 12.6 Å². The lowest BCUT2D eigenvalue weighted by molar-refractivity contribution is -0.385. The van der Waals surface area contributed by atoms with Gasteiger partial charge in [-0.25, -0.2) is 4.98 Å². The molecule has 0 aliphatic heterocycles. The largest absolute Gasteiger partial charge is 0.481 e. The van der Waals surface area contributed by atoms with Gasteiger partial charge in [-0.2, -0.15) is 0 Å². The van der Waals surface area contributed by atoms with E-state index in [1.165, 1.54) is 6.07 Å². The molecule has 7 nitrogen and oxygen atoms in total. The van der Waals surface area contributed by atoms with Crippen molar-refractivity contribution >= 4 is 29.1 Å². The van der Waals surface area contributed by atoms with E-state index in [1.807, 2.05) is 0 Å². The van der Waals surface area contributed by atoms with Gasteiger partial charge in [0.05, 0.1) is 15.4 Å². The van der Waals surface area contributed by atoms with Gasteiger partial charge in [0.1, 0.15) is 12.0 Å². The van der Waals surface area contributed by atoms with E-state index in [4.69, 9.17) is 11.6 Å². The minimum atomic E-state index is -0.910. The topological polar surface area (TPSA) is 105 Å². The molecule has 8 heteroatoms. The van der Waals surface area contributed by atoms with Crippen molar-refractivity contribution in [3.05, 3.63) is 27.4 Å². The maximum absolute atomic E-state index is 11.4. The van der Waals surface area contributed by atoms with Gasteiger partial charge in [-0.1, -0.05) is 25.4 Å². The summed E-state index contributed by atoms with van der Waals surface area (Å²) in [5.41, 5.74) is -1.12. The lowest BCUT2D eigenvalue weighted by Crippen LogP contribution is -2.37. The van der Waals surface area contributed by atoms with E-state index in [0.29, 0.717) is 12.8 Å². The lowest BCUT2D eigenvalue weighted by Gasteiger charge is -2.27. The van der Waals surface area contributed by atoms with Crippen molar-refractivity contribution in [2.24, 2.45) is 5.41 Å². The minimum Gasteiger partial charge on any atom is -0.481 e. The average molecular weight is 302 g/mol. The fourth-order valence-electron chi connectivity index (χ4n) is 1.79. The van der Waals surface area contributed by atoms with Crippen molar-refractivity contribution in [3.63, 3.8) is 0 Å². The Morgan fingerprint density at radius 3 is 2.55 bits per heavy atom. The van der Waals surface area contributed by atoms with Crippen molar-refractivity contribution in [3.8, 4) is 0 Å². The van der Waals surface area contributed by atoms with Gasteiger partial charge in [0.15, 0.2) is 0 Å². The molecule has 0 bridgehead atoms. The van der Waals surface area contributed by atoms with Crippen LogP contribution in [0, 0.1) is 15.5 Å². The van der Waals surface area contributed by atoms with Gasteiger partial charge in [-0.05, 0) is 12.8 Å². The fourth-order valence-corrected chi connectivity index (χ4v) is 2.02. The molecule has 0 fully saturated rings. The van der Waals surface area contributed by atoms with Crippen molar-refractivity contribution in [1.82, 2.24) is 4.98 Å². The number of aliphatic carboxylic acids is 1. The van der Waals surface area contributed by atoms with Gasteiger partial charge in [0.25, 0.3) is 5.69 Å². The van der Waals surface area contributed by atoms with Gasteiger partial charge in [-0.15, -0.1) is 0 Å². The molecule has 0 saturated carbocycles. The number of carboxylic acid groups (broad SMARTS) is 1. The van der Waals surface area contributed by atoms with Crippen molar-refractivity contribution in [2.75, 3.05) is 11.9 Å². The number of carbonyl (C=O) groups is 1. The Bertz CT molecular complexity index is 517. The molecule has 20 heavy (non-hydrogen) atoms. The molecule has 1 heterocycles. The van der Waals surface area contributed by atoms with E-state index in [0.717, 1.165) is 6.20 Å². The average Bonchev–Trinajstić information content (AvgIpc) is 2.41. The Labute approximate surface area is 121 Å². The summed E-state index contributed by atoms with van der Waals surface area (Å²) >= 11 is 5.89. The van der Waals surface area contributed by atoms with Gasteiger partial charge < -0.3 is 10.4 Å². The second-order valence-corrected chi connectivity index (χ2v) is 4.83. The molecule has 0 spiro atoms. The Hall–Kier alpha value is -1.89. The zero-order chi connectivity index (χ0) is 15.3. The van der Waals surface area contributed by atoms with Crippen LogP contribution in [0.5, 0.6) is 0 Å². The fraction of sp³-hybridized carbons (Fsp3) is 0.500. The maximum atomic E-state index is 11.4. The van der Waals surface area contributed by atoms with Crippen LogP contribution in [0.25, 0.3) is 0 Å². The van der Waals surface area contributed by atoms with E-state index in [1.54, 1.807) is 13.8 Å². The molecular weight excluding hydrogens is 286 g/mol. The summed E-state index contributed by atoms with van der Waals surface area (Å²) < 4.78 is 0. The normalized spacial score (nSPS) is 11.2. The predicted molar refractivity (Wildman–Crippen MR) is 75.0 cm³/mol. The number of aromatic nitrogens is 1. The molecule has 1 aromatic rings. The summed E-state index contributed by atoms with van der Waals surface area (Å²) in [6.45, 7) is 3.74. The highest BCUT2D eigenvalue weighted by Gasteiger charge is 2.34. The summed E-state index contributed by atoms with van der Waals surface area (Å²) in [7, 11) is 0. The van der Waals surface area contributed by atoms with E-state index >= 15 is 0 Å². The Balaban J connectivity index is 2.89. The Morgan fingerprint density at radius 2 is 2.15 bits per heavy atom. The number of nitrogens with one attached hydrogen (secondary N) is 1. The SMILES string of the molecule is CCC(CC)(CNc1ncc([N+](=O)[O-])cc1Cl)C(=O)O. The number of hydrogen-bond donors (Lipinski definition) is 2. The van der Waals surface area contributed by atoms with Gasteiger partial charge in [-0.3, -0.25) is 14.9 Å². The molecule has 2 N–H and O–H groups in total. The van der Waals surface area contributed by atoms with Gasteiger partial charge in [0.2, 0.25) is 0 Å². The first kappa shape index (κ1) is 16.2. The zero-order valence-electron chi connectivity index (χ0n) is 11.2. The van der Waals surface area contributed by atoms with Crippen LogP contribution in [-0.4, -0.2) is 27.5 Å². The molecule has 0 atom stereocenters. The Morgan fingerprint density at radius 1 is 1.55 bits per heavy atom. The third kappa shape index (κ3) is 3.36. The molecule has 0 amide bonds. The van der Waals surface area contributed by atoms with Crippen LogP contribution in [-0.2, 0) is 4.79 Å². The zero-order valence-corrected chi connectivity index (χ0v) is 12.0. The number of nitro groups is 1. The van der Waals surface area contributed by atoms with Crippen LogP contribution in [0.15, 0.2) is 12.3 Å². The first-order valence-electron chi connectivity index (χ1n) is 6.13. The lowest BCUT2D eigenvalue weighted by atomic mass is 9.82. The third-order valence-corrected chi connectivity index (χ3v) is 3.73. The number of nitrogens with zero attached hydrogens (tertiary/aromatic N) is 2. The molecule has 0 aliphatic carbocycles. The van der Waals surface area contributed by atoms with Crippen LogP contribution >= 0.6 is 11.6 Å². The molecule has 0 saturated heterocycles. The van der Waals surface area contributed by atoms with Crippen molar-refractivity contribution < 1.29 is 14.8 Å². The second kappa shape index (κ2) is 6.51. The van der Waals surface area contributed by atoms with Crippen LogP contribution in [0.4, 0.5) is 11.5 Å². The number of pyridine rings is 1. The maximum Gasteiger partial charge on any atom is 0.311 e. The summed E-state index contributed by atoms with van der Waals surface area (Å²) in [4.78, 5) is 25.2. The molecule has 0 aliphatic rings. The molecule has 1 aromatic heterocycles.